The van der Waals surface area contributed by atoms with E-state index < -0.39 is 0 Å². The zero-order chi connectivity index (χ0) is 11.3. The lowest BCUT2D eigenvalue weighted by Gasteiger charge is -2.38. The van der Waals surface area contributed by atoms with E-state index in [4.69, 9.17) is 0 Å². The normalized spacial score (nSPS) is 26.7. The van der Waals surface area contributed by atoms with E-state index in [2.05, 4.69) is 25.4 Å². The highest BCUT2D eigenvalue weighted by Gasteiger charge is 2.27. The number of rotatable bonds is 4. The lowest BCUT2D eigenvalue weighted by Crippen LogP contribution is -2.57. The SMILES string of the molecule is CSCCCC(=O)N1CCNC(C)C1C. The highest BCUT2D eigenvalue weighted by atomic mass is 32.2. The lowest BCUT2D eigenvalue weighted by molar-refractivity contribution is -0.134. The molecule has 0 saturated carbocycles. The molecule has 0 bridgehead atoms. The Hall–Kier alpha value is -0.220. The van der Waals surface area contributed by atoms with Gasteiger partial charge >= 0.3 is 0 Å². The molecule has 1 aliphatic rings. The van der Waals surface area contributed by atoms with Crippen LogP contribution in [0.25, 0.3) is 0 Å². The van der Waals surface area contributed by atoms with E-state index in [1.165, 1.54) is 0 Å². The summed E-state index contributed by atoms with van der Waals surface area (Å²) in [6.45, 7) is 6.07. The van der Waals surface area contributed by atoms with Crippen molar-refractivity contribution in [2.75, 3.05) is 25.1 Å². The number of hydrogen-bond donors (Lipinski definition) is 1. The smallest absolute Gasteiger partial charge is 0.222 e. The highest BCUT2D eigenvalue weighted by molar-refractivity contribution is 7.98. The van der Waals surface area contributed by atoms with Crippen LogP contribution in [0, 0.1) is 0 Å². The molecular formula is C11H22N2OS. The summed E-state index contributed by atoms with van der Waals surface area (Å²) >= 11 is 1.81. The zero-order valence-corrected chi connectivity index (χ0v) is 10.8. The van der Waals surface area contributed by atoms with Crippen LogP contribution in [0.5, 0.6) is 0 Å². The Morgan fingerprint density at radius 3 is 2.93 bits per heavy atom. The Bertz CT molecular complexity index is 211. The molecule has 0 aromatic carbocycles. The molecule has 0 radical (unpaired) electrons. The monoisotopic (exact) mass is 230 g/mol. The maximum Gasteiger partial charge on any atom is 0.222 e. The second kappa shape index (κ2) is 6.38. The molecule has 15 heavy (non-hydrogen) atoms. The quantitative estimate of drug-likeness (QED) is 0.740. The fourth-order valence-electron chi connectivity index (χ4n) is 1.92. The van der Waals surface area contributed by atoms with Crippen LogP contribution in [-0.2, 0) is 4.79 Å². The Kier molecular flexibility index (Phi) is 5.47. The van der Waals surface area contributed by atoms with Crippen LogP contribution in [0.3, 0.4) is 0 Å². The second-order valence-electron chi connectivity index (χ2n) is 4.17. The minimum absolute atomic E-state index is 0.324. The van der Waals surface area contributed by atoms with Gasteiger partial charge in [0.1, 0.15) is 0 Å². The number of thioether (sulfide) groups is 1. The van der Waals surface area contributed by atoms with Gasteiger partial charge in [-0.2, -0.15) is 11.8 Å². The molecule has 88 valence electrons. The third-order valence-electron chi connectivity index (χ3n) is 3.09. The zero-order valence-electron chi connectivity index (χ0n) is 9.95. The van der Waals surface area contributed by atoms with Crippen molar-refractivity contribution in [3.8, 4) is 0 Å². The van der Waals surface area contributed by atoms with Crippen molar-refractivity contribution in [3.05, 3.63) is 0 Å². The van der Waals surface area contributed by atoms with Crippen LogP contribution in [0.1, 0.15) is 26.7 Å². The maximum atomic E-state index is 11.9. The van der Waals surface area contributed by atoms with E-state index in [0.29, 0.717) is 24.4 Å². The molecule has 1 rings (SSSR count). The topological polar surface area (TPSA) is 32.3 Å². The van der Waals surface area contributed by atoms with Crippen molar-refractivity contribution in [2.45, 2.75) is 38.8 Å². The molecule has 1 aliphatic heterocycles. The van der Waals surface area contributed by atoms with Gasteiger partial charge in [0.25, 0.3) is 0 Å². The van der Waals surface area contributed by atoms with E-state index >= 15 is 0 Å². The van der Waals surface area contributed by atoms with Crippen molar-refractivity contribution in [3.63, 3.8) is 0 Å². The minimum atomic E-state index is 0.324. The largest absolute Gasteiger partial charge is 0.337 e. The summed E-state index contributed by atoms with van der Waals surface area (Å²) in [7, 11) is 0. The summed E-state index contributed by atoms with van der Waals surface area (Å²) in [5.74, 6) is 1.41. The summed E-state index contributed by atoms with van der Waals surface area (Å²) in [6.07, 6.45) is 3.79. The third kappa shape index (κ3) is 3.68. The summed E-state index contributed by atoms with van der Waals surface area (Å²) in [5, 5.41) is 3.39. The van der Waals surface area contributed by atoms with E-state index in [1.807, 2.05) is 16.7 Å². The maximum absolute atomic E-state index is 11.9. The number of carbonyl (C=O) groups excluding carboxylic acids is 1. The molecule has 1 fully saturated rings. The summed E-state index contributed by atoms with van der Waals surface area (Å²) in [5.41, 5.74) is 0. The Labute approximate surface area is 97.0 Å². The highest BCUT2D eigenvalue weighted by Crippen LogP contribution is 2.12. The molecular weight excluding hydrogens is 208 g/mol. The predicted octanol–water partition coefficient (Wildman–Crippen LogP) is 1.34. The number of carbonyl (C=O) groups is 1. The van der Waals surface area contributed by atoms with Crippen molar-refractivity contribution >= 4 is 17.7 Å². The Morgan fingerprint density at radius 1 is 1.53 bits per heavy atom. The molecule has 0 aromatic rings. The summed E-state index contributed by atoms with van der Waals surface area (Å²) in [6, 6.07) is 0.753. The second-order valence-corrected chi connectivity index (χ2v) is 5.15. The van der Waals surface area contributed by atoms with E-state index in [0.717, 1.165) is 25.3 Å². The van der Waals surface area contributed by atoms with Crippen molar-refractivity contribution in [1.29, 1.82) is 0 Å². The average Bonchev–Trinajstić information content (AvgIpc) is 2.22. The van der Waals surface area contributed by atoms with Crippen molar-refractivity contribution in [2.24, 2.45) is 0 Å². The van der Waals surface area contributed by atoms with Crippen LogP contribution in [0.4, 0.5) is 0 Å². The lowest BCUT2D eigenvalue weighted by atomic mass is 10.1. The fourth-order valence-corrected chi connectivity index (χ4v) is 2.35. The van der Waals surface area contributed by atoms with Gasteiger partial charge in [0.2, 0.25) is 5.91 Å². The molecule has 0 aliphatic carbocycles. The van der Waals surface area contributed by atoms with Gasteiger partial charge in [0, 0.05) is 31.6 Å². The minimum Gasteiger partial charge on any atom is -0.337 e. The number of hydrogen-bond acceptors (Lipinski definition) is 3. The van der Waals surface area contributed by atoms with Gasteiger partial charge in [0.05, 0.1) is 0 Å². The molecule has 1 amide bonds. The molecule has 3 nitrogen and oxygen atoms in total. The molecule has 2 unspecified atom stereocenters. The first-order valence-corrected chi connectivity index (χ1v) is 7.08. The standard InChI is InChI=1S/C11H22N2OS/c1-9-10(2)13(7-6-12-9)11(14)5-4-8-15-3/h9-10,12H,4-8H2,1-3H3. The molecule has 4 heteroatoms. The summed E-state index contributed by atoms with van der Waals surface area (Å²) < 4.78 is 0. The molecule has 2 atom stereocenters. The number of piperazine rings is 1. The molecule has 1 heterocycles. The van der Waals surface area contributed by atoms with Gasteiger partial charge in [-0.05, 0) is 32.3 Å². The van der Waals surface area contributed by atoms with Crippen molar-refractivity contribution < 1.29 is 4.79 Å². The van der Waals surface area contributed by atoms with E-state index in [1.54, 1.807) is 0 Å². The number of nitrogens with zero attached hydrogens (tertiary/aromatic N) is 1. The summed E-state index contributed by atoms with van der Waals surface area (Å²) in [4.78, 5) is 13.9. The van der Waals surface area contributed by atoms with Gasteiger partial charge in [-0.3, -0.25) is 4.79 Å². The predicted molar refractivity (Wildman–Crippen MR) is 66.3 cm³/mol. The molecule has 0 aromatic heterocycles. The average molecular weight is 230 g/mol. The van der Waals surface area contributed by atoms with E-state index in [-0.39, 0.29) is 0 Å². The van der Waals surface area contributed by atoms with Gasteiger partial charge in [-0.1, -0.05) is 0 Å². The Balaban J connectivity index is 2.37. The molecule has 1 saturated heterocycles. The van der Waals surface area contributed by atoms with E-state index in [9.17, 15) is 4.79 Å². The third-order valence-corrected chi connectivity index (χ3v) is 3.79. The Morgan fingerprint density at radius 2 is 2.27 bits per heavy atom. The van der Waals surface area contributed by atoms with Crippen LogP contribution >= 0.6 is 11.8 Å². The molecule has 0 spiro atoms. The fraction of sp³-hybridized carbons (Fsp3) is 0.909. The van der Waals surface area contributed by atoms with Gasteiger partial charge in [-0.15, -0.1) is 0 Å². The van der Waals surface area contributed by atoms with Gasteiger partial charge in [-0.25, -0.2) is 0 Å². The van der Waals surface area contributed by atoms with Crippen LogP contribution in [0.15, 0.2) is 0 Å². The van der Waals surface area contributed by atoms with Gasteiger partial charge in [0.15, 0.2) is 0 Å². The number of amides is 1. The first-order valence-electron chi connectivity index (χ1n) is 5.68. The first kappa shape index (κ1) is 12.8. The van der Waals surface area contributed by atoms with Crippen LogP contribution < -0.4 is 5.32 Å². The molecule has 1 N–H and O–H groups in total. The van der Waals surface area contributed by atoms with Crippen LogP contribution in [0.2, 0.25) is 0 Å². The first-order chi connectivity index (χ1) is 7.16. The van der Waals surface area contributed by atoms with Gasteiger partial charge < -0.3 is 10.2 Å². The van der Waals surface area contributed by atoms with Crippen LogP contribution in [-0.4, -0.2) is 48.0 Å². The number of nitrogens with one attached hydrogen (secondary N) is 1. The van der Waals surface area contributed by atoms with Crippen molar-refractivity contribution in [1.82, 2.24) is 10.2 Å².